The van der Waals surface area contributed by atoms with Crippen molar-refractivity contribution in [3.05, 3.63) is 22.3 Å². The van der Waals surface area contributed by atoms with Gasteiger partial charge in [-0.15, -0.1) is 0 Å². The molecule has 4 aliphatic rings. The van der Waals surface area contributed by atoms with Gasteiger partial charge in [-0.3, -0.25) is 16.7 Å². The Kier molecular flexibility index (Phi) is 0.859. The van der Waals surface area contributed by atoms with Gasteiger partial charge >= 0.3 is 0 Å². The first-order valence-corrected chi connectivity index (χ1v) is 6.33. The third-order valence-electron chi connectivity index (χ3n) is 2.80. The van der Waals surface area contributed by atoms with Crippen molar-refractivity contribution in [2.45, 2.75) is 0 Å². The molecule has 7 heteroatoms. The molecule has 4 heterocycles. The highest BCUT2D eigenvalue weighted by atomic mass is 32.4. The molecular weight excluding hydrogens is 212 g/mol. The number of hydrogen-bond acceptors (Lipinski definition) is 6. The highest BCUT2D eigenvalue weighted by Crippen LogP contribution is 3.07. The Bertz CT molecular complexity index is 390. The molecule has 0 aromatic heterocycles. The van der Waals surface area contributed by atoms with E-state index in [0.29, 0.717) is 10.9 Å². The fourth-order valence-corrected chi connectivity index (χ4v) is 5.34. The molecule has 2 saturated heterocycles. The average molecular weight is 220 g/mol. The molecule has 78 valence electrons. The molecule has 0 bridgehead atoms. The van der Waals surface area contributed by atoms with Crippen LogP contribution in [0.4, 0.5) is 0 Å². The minimum absolute atomic E-state index is 0.145. The van der Waals surface area contributed by atoms with Gasteiger partial charge in [0, 0.05) is 5.41 Å². The van der Waals surface area contributed by atoms with E-state index in [-0.39, 0.29) is 20.4 Å². The van der Waals surface area contributed by atoms with Gasteiger partial charge in [0.1, 0.15) is 9.42 Å². The maximum absolute atomic E-state index is 5.51. The van der Waals surface area contributed by atoms with Gasteiger partial charge in [0.15, 0.2) is 19.3 Å². The molecule has 14 heavy (non-hydrogen) atoms. The standard InChI is InChI=1S/C7H8O6S/c1-2-14(10-4-11-14,12-5-13-14)7-6(1)8-3-9-7/h1-2H,3-5H2. The summed E-state index contributed by atoms with van der Waals surface area (Å²) in [4.78, 5) is 0. The lowest BCUT2D eigenvalue weighted by atomic mass is 10.5. The second-order valence-electron chi connectivity index (χ2n) is 3.31. The molecule has 0 aromatic carbocycles. The molecule has 4 rings (SSSR count). The predicted molar refractivity (Wildman–Crippen MR) is 44.9 cm³/mol. The van der Waals surface area contributed by atoms with Crippen LogP contribution in [-0.2, 0) is 26.2 Å². The Labute approximate surface area is 79.0 Å². The largest absolute Gasteiger partial charge is 0.453 e. The van der Waals surface area contributed by atoms with Crippen LogP contribution in [0.3, 0.4) is 0 Å². The summed E-state index contributed by atoms with van der Waals surface area (Å²) in [5.41, 5.74) is 0. The molecule has 0 N–H and O–H groups in total. The number of ether oxygens (including phenoxy) is 2. The zero-order valence-corrected chi connectivity index (χ0v) is 7.95. The molecule has 0 unspecified atom stereocenters. The van der Waals surface area contributed by atoms with E-state index in [1.54, 1.807) is 11.5 Å². The van der Waals surface area contributed by atoms with Crippen molar-refractivity contribution in [1.82, 2.24) is 0 Å². The Morgan fingerprint density at radius 1 is 0.929 bits per heavy atom. The van der Waals surface area contributed by atoms with Gasteiger partial charge in [0.2, 0.25) is 6.79 Å². The Morgan fingerprint density at radius 2 is 1.64 bits per heavy atom. The fraction of sp³-hybridized carbons (Fsp3) is 0.429. The van der Waals surface area contributed by atoms with Crippen molar-refractivity contribution in [3.8, 4) is 0 Å². The van der Waals surface area contributed by atoms with E-state index >= 15 is 0 Å². The van der Waals surface area contributed by atoms with E-state index in [1.807, 2.05) is 0 Å². The lowest BCUT2D eigenvalue weighted by Gasteiger charge is -2.80. The Hall–Kier alpha value is -0.730. The topological polar surface area (TPSA) is 55.4 Å². The molecule has 1 spiro atoms. The highest BCUT2D eigenvalue weighted by molar-refractivity contribution is 8.56. The Balaban J connectivity index is 2.02. The first kappa shape index (κ1) is 7.55. The zero-order chi connectivity index (χ0) is 9.34. The van der Waals surface area contributed by atoms with E-state index in [0.717, 1.165) is 0 Å². The maximum atomic E-state index is 5.51. The molecule has 6 nitrogen and oxygen atoms in total. The summed E-state index contributed by atoms with van der Waals surface area (Å²) in [5.74, 6) is 0.575. The van der Waals surface area contributed by atoms with Crippen molar-refractivity contribution < 1.29 is 26.2 Å². The van der Waals surface area contributed by atoms with Crippen LogP contribution in [0.5, 0.6) is 0 Å². The summed E-state index contributed by atoms with van der Waals surface area (Å²) < 4.78 is 32.6. The summed E-state index contributed by atoms with van der Waals surface area (Å²) >= 11 is 0. The number of allylic oxidation sites excluding steroid dienone is 1. The summed E-state index contributed by atoms with van der Waals surface area (Å²) in [6.07, 6.45) is 1.71. The highest BCUT2D eigenvalue weighted by Gasteiger charge is 2.82. The summed E-state index contributed by atoms with van der Waals surface area (Å²) in [6.45, 7) is 0.437. The van der Waals surface area contributed by atoms with Gasteiger partial charge in [-0.25, -0.2) is 0 Å². The lowest BCUT2D eigenvalue weighted by molar-refractivity contribution is -0.165. The first-order chi connectivity index (χ1) is 6.74. The fourth-order valence-electron chi connectivity index (χ4n) is 1.98. The van der Waals surface area contributed by atoms with E-state index in [1.165, 1.54) is 0 Å². The molecule has 0 saturated carbocycles. The van der Waals surface area contributed by atoms with Crippen LogP contribution in [0, 0.1) is 0 Å². The Morgan fingerprint density at radius 3 is 2.21 bits per heavy atom. The van der Waals surface area contributed by atoms with Crippen molar-refractivity contribution >= 4 is 9.42 Å². The summed E-state index contributed by atoms with van der Waals surface area (Å²) in [7, 11) is -3.92. The number of hydrogen-bond donors (Lipinski definition) is 0. The molecule has 2 fully saturated rings. The van der Waals surface area contributed by atoms with Crippen LogP contribution in [-0.4, -0.2) is 20.4 Å². The van der Waals surface area contributed by atoms with Gasteiger partial charge in [0.25, 0.3) is 5.09 Å². The average Bonchev–Trinajstić information content (AvgIpc) is 2.56. The van der Waals surface area contributed by atoms with Gasteiger partial charge in [-0.2, -0.15) is 0 Å². The molecule has 0 atom stereocenters. The van der Waals surface area contributed by atoms with Crippen LogP contribution >= 0.6 is 9.42 Å². The van der Waals surface area contributed by atoms with Crippen LogP contribution in [0.2, 0.25) is 0 Å². The quantitative estimate of drug-likeness (QED) is 0.612. The van der Waals surface area contributed by atoms with Crippen molar-refractivity contribution in [2.75, 3.05) is 20.4 Å². The van der Waals surface area contributed by atoms with Crippen LogP contribution in [0.15, 0.2) is 22.3 Å². The van der Waals surface area contributed by atoms with Crippen LogP contribution in [0.1, 0.15) is 0 Å². The summed E-state index contributed by atoms with van der Waals surface area (Å²) in [5, 5.41) is 2.07. The molecular formula is C7H8O6S. The third-order valence-corrected chi connectivity index (χ3v) is 7.21. The van der Waals surface area contributed by atoms with Gasteiger partial charge in [-0.1, -0.05) is 0 Å². The van der Waals surface area contributed by atoms with Crippen molar-refractivity contribution in [1.29, 1.82) is 0 Å². The second-order valence-corrected chi connectivity index (χ2v) is 7.39. The van der Waals surface area contributed by atoms with Gasteiger partial charge in [0.05, 0.1) is 0 Å². The van der Waals surface area contributed by atoms with E-state index in [4.69, 9.17) is 26.2 Å². The summed E-state index contributed by atoms with van der Waals surface area (Å²) in [6, 6.07) is 0. The monoisotopic (exact) mass is 220 g/mol. The minimum Gasteiger partial charge on any atom is -0.453 e. The third kappa shape index (κ3) is 0.452. The van der Waals surface area contributed by atoms with Crippen molar-refractivity contribution in [3.63, 3.8) is 0 Å². The van der Waals surface area contributed by atoms with Crippen LogP contribution < -0.4 is 0 Å². The van der Waals surface area contributed by atoms with Gasteiger partial charge < -0.3 is 9.47 Å². The van der Waals surface area contributed by atoms with E-state index in [2.05, 4.69) is 0 Å². The zero-order valence-electron chi connectivity index (χ0n) is 7.13. The van der Waals surface area contributed by atoms with E-state index < -0.39 is 9.42 Å². The minimum atomic E-state index is -3.92. The molecule has 0 aliphatic carbocycles. The molecule has 0 radical (unpaired) electrons. The van der Waals surface area contributed by atoms with Crippen LogP contribution in [0.25, 0.3) is 0 Å². The van der Waals surface area contributed by atoms with E-state index in [9.17, 15) is 0 Å². The lowest BCUT2D eigenvalue weighted by Crippen LogP contribution is -2.58. The van der Waals surface area contributed by atoms with Gasteiger partial charge in [-0.05, 0) is 6.08 Å². The maximum Gasteiger partial charge on any atom is 0.255 e. The first-order valence-electron chi connectivity index (χ1n) is 4.12. The SMILES string of the molecule is C1=CS23(OCO2)(OCO3)C2=C1OCO2. The predicted octanol–water partition coefficient (Wildman–Crippen LogP) is 1.23. The normalized spacial score (nSPS) is 42.3. The molecule has 4 aliphatic heterocycles. The smallest absolute Gasteiger partial charge is 0.255 e. The number of rotatable bonds is 0. The molecule has 0 amide bonds. The molecule has 0 aromatic rings. The second kappa shape index (κ2) is 1.59. The van der Waals surface area contributed by atoms with Crippen molar-refractivity contribution in [2.24, 2.45) is 0 Å².